The summed E-state index contributed by atoms with van der Waals surface area (Å²) in [7, 11) is 0. The van der Waals surface area contributed by atoms with Gasteiger partial charge in [-0.25, -0.2) is 13.2 Å². The van der Waals surface area contributed by atoms with Crippen molar-refractivity contribution in [2.24, 2.45) is 0 Å². The molecule has 104 valence electrons. The van der Waals surface area contributed by atoms with Crippen LogP contribution in [-0.4, -0.2) is 10.5 Å². The molecule has 0 unspecified atom stereocenters. The molecule has 0 fully saturated rings. The number of benzene rings is 1. The normalized spacial score (nSPS) is 10.3. The predicted octanol–water partition coefficient (Wildman–Crippen LogP) is 1.90. The molecule has 2 rings (SSSR count). The number of nitrogens with one attached hydrogen (secondary N) is 1. The van der Waals surface area contributed by atoms with E-state index in [2.05, 4.69) is 5.32 Å². The van der Waals surface area contributed by atoms with E-state index >= 15 is 0 Å². The first-order chi connectivity index (χ1) is 9.45. The molecule has 1 amide bonds. The molecule has 0 bridgehead atoms. The number of hydrogen-bond donors (Lipinski definition) is 1. The van der Waals surface area contributed by atoms with Crippen molar-refractivity contribution >= 4 is 11.6 Å². The minimum absolute atomic E-state index is 0.221. The van der Waals surface area contributed by atoms with Crippen LogP contribution in [0, 0.1) is 17.5 Å². The summed E-state index contributed by atoms with van der Waals surface area (Å²) in [5.41, 5.74) is -0.790. The number of carbonyl (C=O) groups is 1. The van der Waals surface area contributed by atoms with Crippen LogP contribution in [0.1, 0.15) is 0 Å². The molecule has 0 aliphatic heterocycles. The maximum Gasteiger partial charge on any atom is 0.251 e. The number of amides is 1. The number of halogens is 3. The van der Waals surface area contributed by atoms with E-state index in [1.54, 1.807) is 0 Å². The summed E-state index contributed by atoms with van der Waals surface area (Å²) < 4.78 is 39.8. The molecule has 0 saturated carbocycles. The zero-order chi connectivity index (χ0) is 14.7. The zero-order valence-corrected chi connectivity index (χ0v) is 10.1. The average molecular weight is 282 g/mol. The Kier molecular flexibility index (Phi) is 3.88. The Morgan fingerprint density at radius 3 is 2.50 bits per heavy atom. The van der Waals surface area contributed by atoms with Crippen molar-refractivity contribution in [2.45, 2.75) is 6.54 Å². The smallest absolute Gasteiger partial charge is 0.251 e. The van der Waals surface area contributed by atoms with E-state index in [0.717, 1.165) is 35.0 Å². The monoisotopic (exact) mass is 282 g/mol. The molecule has 4 nitrogen and oxygen atoms in total. The van der Waals surface area contributed by atoms with E-state index in [1.807, 2.05) is 0 Å². The Balaban J connectivity index is 2.13. The van der Waals surface area contributed by atoms with Crippen LogP contribution in [-0.2, 0) is 11.3 Å². The van der Waals surface area contributed by atoms with Crippen molar-refractivity contribution in [1.82, 2.24) is 4.57 Å². The highest BCUT2D eigenvalue weighted by Crippen LogP contribution is 2.14. The topological polar surface area (TPSA) is 51.1 Å². The summed E-state index contributed by atoms with van der Waals surface area (Å²) in [5, 5.41) is 2.17. The lowest BCUT2D eigenvalue weighted by atomic mass is 10.3. The lowest BCUT2D eigenvalue weighted by Crippen LogP contribution is -2.27. The summed E-state index contributed by atoms with van der Waals surface area (Å²) in [5.74, 6) is -3.12. The van der Waals surface area contributed by atoms with Crippen LogP contribution in [0.2, 0.25) is 0 Å². The lowest BCUT2D eigenvalue weighted by Gasteiger charge is -2.08. The third kappa shape index (κ3) is 3.25. The molecule has 1 N–H and O–H groups in total. The molecular formula is C13H9F3N2O2. The fraction of sp³-hybridized carbons (Fsp3) is 0.0769. The Bertz CT molecular complexity index is 713. The molecule has 0 aliphatic rings. The van der Waals surface area contributed by atoms with Gasteiger partial charge in [0.2, 0.25) is 5.91 Å². The van der Waals surface area contributed by atoms with Gasteiger partial charge in [-0.15, -0.1) is 0 Å². The molecule has 20 heavy (non-hydrogen) atoms. The molecule has 2 aromatic rings. The average Bonchev–Trinajstić information content (AvgIpc) is 2.37. The van der Waals surface area contributed by atoms with E-state index in [0.29, 0.717) is 6.07 Å². The first-order valence-electron chi connectivity index (χ1n) is 5.56. The van der Waals surface area contributed by atoms with Gasteiger partial charge in [0.05, 0.1) is 5.69 Å². The number of aromatic nitrogens is 1. The van der Waals surface area contributed by atoms with Gasteiger partial charge in [-0.2, -0.15) is 0 Å². The number of anilines is 1. The minimum atomic E-state index is -0.940. The molecule has 1 aromatic carbocycles. The van der Waals surface area contributed by atoms with Crippen molar-refractivity contribution in [3.8, 4) is 0 Å². The van der Waals surface area contributed by atoms with Crippen molar-refractivity contribution in [3.05, 3.63) is 64.3 Å². The first kappa shape index (κ1) is 13.9. The van der Waals surface area contributed by atoms with E-state index in [1.165, 1.54) is 0 Å². The molecular weight excluding hydrogens is 273 g/mol. The Morgan fingerprint density at radius 1 is 1.10 bits per heavy atom. The van der Waals surface area contributed by atoms with Crippen molar-refractivity contribution < 1.29 is 18.0 Å². The van der Waals surface area contributed by atoms with E-state index in [9.17, 15) is 22.8 Å². The third-order valence-electron chi connectivity index (χ3n) is 2.47. The molecule has 0 spiro atoms. The van der Waals surface area contributed by atoms with Crippen LogP contribution < -0.4 is 10.9 Å². The second-order valence-corrected chi connectivity index (χ2v) is 3.99. The lowest BCUT2D eigenvalue weighted by molar-refractivity contribution is -0.116. The minimum Gasteiger partial charge on any atom is -0.322 e. The fourth-order valence-electron chi connectivity index (χ4n) is 1.56. The van der Waals surface area contributed by atoms with Crippen LogP contribution in [0.15, 0.2) is 41.3 Å². The van der Waals surface area contributed by atoms with Gasteiger partial charge >= 0.3 is 0 Å². The fourth-order valence-corrected chi connectivity index (χ4v) is 1.56. The molecule has 1 heterocycles. The molecule has 0 aliphatic carbocycles. The molecule has 0 atom stereocenters. The largest absolute Gasteiger partial charge is 0.322 e. The first-order valence-corrected chi connectivity index (χ1v) is 5.56. The number of pyridine rings is 1. The quantitative estimate of drug-likeness (QED) is 0.934. The Morgan fingerprint density at radius 2 is 1.80 bits per heavy atom. The number of nitrogens with zero attached hydrogens (tertiary/aromatic N) is 1. The van der Waals surface area contributed by atoms with Gasteiger partial charge in [-0.3, -0.25) is 9.59 Å². The molecule has 1 aromatic heterocycles. The highest BCUT2D eigenvalue weighted by molar-refractivity contribution is 5.90. The third-order valence-corrected chi connectivity index (χ3v) is 2.47. The van der Waals surface area contributed by atoms with Gasteiger partial charge in [0, 0.05) is 18.3 Å². The zero-order valence-electron chi connectivity index (χ0n) is 10.1. The highest BCUT2D eigenvalue weighted by atomic mass is 19.1. The van der Waals surface area contributed by atoms with Gasteiger partial charge in [0.15, 0.2) is 0 Å². The van der Waals surface area contributed by atoms with Crippen molar-refractivity contribution in [1.29, 1.82) is 0 Å². The van der Waals surface area contributed by atoms with Crippen LogP contribution in [0.5, 0.6) is 0 Å². The van der Waals surface area contributed by atoms with Gasteiger partial charge in [0.1, 0.15) is 24.0 Å². The summed E-state index contributed by atoms with van der Waals surface area (Å²) in [6.45, 7) is -0.479. The maximum atomic E-state index is 13.3. The predicted molar refractivity (Wildman–Crippen MR) is 65.6 cm³/mol. The van der Waals surface area contributed by atoms with Crippen LogP contribution >= 0.6 is 0 Å². The second kappa shape index (κ2) is 5.60. The summed E-state index contributed by atoms with van der Waals surface area (Å²) in [6, 6.07) is 4.59. The van der Waals surface area contributed by atoms with E-state index in [-0.39, 0.29) is 5.69 Å². The van der Waals surface area contributed by atoms with Gasteiger partial charge in [0.25, 0.3) is 5.56 Å². The number of rotatable bonds is 3. The van der Waals surface area contributed by atoms with Crippen LogP contribution in [0.3, 0.4) is 0 Å². The van der Waals surface area contributed by atoms with E-state index in [4.69, 9.17) is 0 Å². The summed E-state index contributed by atoms with van der Waals surface area (Å²) in [6.07, 6.45) is 0.864. The van der Waals surface area contributed by atoms with Gasteiger partial charge in [-0.1, -0.05) is 0 Å². The van der Waals surface area contributed by atoms with Crippen LogP contribution in [0.25, 0.3) is 0 Å². The summed E-state index contributed by atoms with van der Waals surface area (Å²) in [4.78, 5) is 23.0. The highest BCUT2D eigenvalue weighted by Gasteiger charge is 2.09. The SMILES string of the molecule is O=C(Cn1cc(F)ccc1=O)Nc1ccc(F)cc1F. The van der Waals surface area contributed by atoms with E-state index < -0.39 is 35.5 Å². The standard InChI is InChI=1S/C13H9F3N2O2/c14-8-1-3-11(10(16)5-8)17-12(19)7-18-6-9(15)2-4-13(18)20/h1-6H,7H2,(H,17,19). The van der Waals surface area contributed by atoms with Crippen molar-refractivity contribution in [2.75, 3.05) is 5.32 Å². The Hall–Kier alpha value is -2.57. The molecule has 7 heteroatoms. The molecule has 0 saturated heterocycles. The van der Waals surface area contributed by atoms with Crippen LogP contribution in [0.4, 0.5) is 18.9 Å². The summed E-state index contributed by atoms with van der Waals surface area (Å²) >= 11 is 0. The van der Waals surface area contributed by atoms with Gasteiger partial charge in [-0.05, 0) is 18.2 Å². The number of hydrogen-bond acceptors (Lipinski definition) is 2. The van der Waals surface area contributed by atoms with Gasteiger partial charge < -0.3 is 9.88 Å². The van der Waals surface area contributed by atoms with Crippen molar-refractivity contribution in [3.63, 3.8) is 0 Å². The number of carbonyl (C=O) groups excluding carboxylic acids is 1. The maximum absolute atomic E-state index is 13.3. The molecule has 0 radical (unpaired) electrons. The Labute approximate surface area is 111 Å². The second-order valence-electron chi connectivity index (χ2n) is 3.99.